The van der Waals surface area contributed by atoms with E-state index in [9.17, 15) is 0 Å². The Bertz CT molecular complexity index is 464. The zero-order chi connectivity index (χ0) is 11.7. The predicted molar refractivity (Wildman–Crippen MR) is 69.3 cm³/mol. The van der Waals surface area contributed by atoms with Gasteiger partial charge in [-0.3, -0.25) is 0 Å². The van der Waals surface area contributed by atoms with Gasteiger partial charge in [0.05, 0.1) is 0 Å². The monoisotopic (exact) mass is 248 g/mol. The van der Waals surface area contributed by atoms with Crippen molar-refractivity contribution in [1.29, 1.82) is 0 Å². The third kappa shape index (κ3) is 2.28. The summed E-state index contributed by atoms with van der Waals surface area (Å²) >= 11 is -1.26. The van der Waals surface area contributed by atoms with E-state index in [1.807, 2.05) is 0 Å². The standard InChI is InChI=1S/C7H9.C5H5.C3H6.Ti/c1-6-4-3-5-7(6)2;1-2-4-5-3-1;1-3-2;/h4H,5H2,1-2H3;1-3H,4H2;1-2H3;. The predicted octanol–water partition coefficient (Wildman–Crippen LogP) is 4.28. The van der Waals surface area contributed by atoms with Gasteiger partial charge < -0.3 is 0 Å². The molecule has 16 heavy (non-hydrogen) atoms. The Kier molecular flexibility index (Phi) is 3.61. The second-order valence-corrected chi connectivity index (χ2v) is 9.75. The fourth-order valence-corrected chi connectivity index (χ4v) is 7.32. The van der Waals surface area contributed by atoms with Crippen LogP contribution in [0, 0.1) is 0 Å². The van der Waals surface area contributed by atoms with Crippen molar-refractivity contribution in [3.8, 4) is 0 Å². The van der Waals surface area contributed by atoms with Crippen molar-refractivity contribution in [2.45, 2.75) is 40.5 Å². The van der Waals surface area contributed by atoms with Gasteiger partial charge in [-0.25, -0.2) is 0 Å². The van der Waals surface area contributed by atoms with Gasteiger partial charge in [-0.05, 0) is 0 Å². The molecule has 0 nitrogen and oxygen atoms in total. The molecular weight excluding hydrogens is 228 g/mol. The molecule has 0 saturated carbocycles. The Morgan fingerprint density at radius 2 is 1.94 bits per heavy atom. The van der Waals surface area contributed by atoms with E-state index in [1.54, 1.807) is 17.1 Å². The van der Waals surface area contributed by atoms with Gasteiger partial charge in [-0.15, -0.1) is 0 Å². The molecule has 0 fully saturated rings. The van der Waals surface area contributed by atoms with E-state index in [0.29, 0.717) is 0 Å². The van der Waals surface area contributed by atoms with Gasteiger partial charge in [-0.1, -0.05) is 0 Å². The summed E-state index contributed by atoms with van der Waals surface area (Å²) in [7, 11) is 0. The Balaban J connectivity index is 2.32. The molecule has 2 aliphatic rings. The van der Waals surface area contributed by atoms with Gasteiger partial charge in [0.1, 0.15) is 0 Å². The Labute approximate surface area is 105 Å². The maximum absolute atomic E-state index is 2.47. The molecule has 0 aromatic rings. The van der Waals surface area contributed by atoms with E-state index in [0.717, 1.165) is 0 Å². The molecule has 2 aliphatic carbocycles. The Morgan fingerprint density at radius 3 is 2.38 bits per heavy atom. The minimum absolute atomic E-state index is 1.20. The molecule has 2 rings (SSSR count). The van der Waals surface area contributed by atoms with Crippen molar-refractivity contribution in [1.82, 2.24) is 0 Å². The molecule has 84 valence electrons. The van der Waals surface area contributed by atoms with Gasteiger partial charge in [0.2, 0.25) is 0 Å². The van der Waals surface area contributed by atoms with E-state index in [1.165, 1.54) is 18.4 Å². The van der Waals surface area contributed by atoms with E-state index >= 15 is 0 Å². The summed E-state index contributed by atoms with van der Waals surface area (Å²) in [4.78, 5) is 0. The molecule has 0 saturated heterocycles. The first-order valence-corrected chi connectivity index (χ1v) is 8.34. The number of rotatable bonds is 2. The van der Waals surface area contributed by atoms with Crippen LogP contribution in [0.15, 0.2) is 43.2 Å². The fraction of sp³-hybridized carbons (Fsp3) is 0.400. The van der Waals surface area contributed by atoms with Gasteiger partial charge in [0.15, 0.2) is 0 Å². The van der Waals surface area contributed by atoms with Crippen LogP contribution >= 0.6 is 0 Å². The third-order valence-electron chi connectivity index (χ3n) is 3.43. The van der Waals surface area contributed by atoms with Crippen LogP contribution in [0.2, 0.25) is 0 Å². The van der Waals surface area contributed by atoms with Crippen molar-refractivity contribution < 1.29 is 17.4 Å². The summed E-state index contributed by atoms with van der Waals surface area (Å²) in [5.74, 6) is 0. The van der Waals surface area contributed by atoms with E-state index in [4.69, 9.17) is 0 Å². The Hall–Kier alpha value is -0.456. The molecule has 1 heteroatoms. The third-order valence-corrected chi connectivity index (χ3v) is 8.08. The number of hydrogen-bond acceptors (Lipinski definition) is 0. The second-order valence-electron chi connectivity index (χ2n) is 5.01. The van der Waals surface area contributed by atoms with Crippen molar-refractivity contribution in [3.63, 3.8) is 0 Å². The second kappa shape index (κ2) is 4.81. The van der Waals surface area contributed by atoms with Crippen molar-refractivity contribution in [2.75, 3.05) is 0 Å². The van der Waals surface area contributed by atoms with E-state index in [2.05, 4.69) is 52.0 Å². The zero-order valence-corrected chi connectivity index (χ0v) is 12.3. The van der Waals surface area contributed by atoms with Gasteiger partial charge in [-0.2, -0.15) is 0 Å². The fourth-order valence-electron chi connectivity index (χ4n) is 2.50. The van der Waals surface area contributed by atoms with Crippen molar-refractivity contribution in [2.24, 2.45) is 0 Å². The van der Waals surface area contributed by atoms with Crippen LogP contribution in [0.1, 0.15) is 40.5 Å². The molecule has 0 unspecified atom stereocenters. The minimum atomic E-state index is -1.26. The number of hydrogen-bond donors (Lipinski definition) is 0. The quantitative estimate of drug-likeness (QED) is 0.639. The summed E-state index contributed by atoms with van der Waals surface area (Å²) in [5, 5.41) is 0. The topological polar surface area (TPSA) is 0 Å². The van der Waals surface area contributed by atoms with Crippen LogP contribution in [0.4, 0.5) is 0 Å². The SMILES string of the molecule is CC1=C(C)C[C]([Ti]([C]2=CC=CC2)=[C](C)C)=C1. The average Bonchev–Trinajstić information content (AvgIpc) is 2.79. The molecule has 0 N–H and O–H groups in total. The van der Waals surface area contributed by atoms with Crippen LogP contribution in [-0.2, 0) is 17.4 Å². The van der Waals surface area contributed by atoms with Gasteiger partial charge >= 0.3 is 105 Å². The van der Waals surface area contributed by atoms with Crippen LogP contribution in [0.3, 0.4) is 0 Å². The molecule has 0 aromatic carbocycles. The van der Waals surface area contributed by atoms with Crippen molar-refractivity contribution in [3.05, 3.63) is 43.2 Å². The summed E-state index contributed by atoms with van der Waals surface area (Å²) in [6.07, 6.45) is 11.8. The summed E-state index contributed by atoms with van der Waals surface area (Å²) in [5.41, 5.74) is 3.08. The molecule has 0 heterocycles. The summed E-state index contributed by atoms with van der Waals surface area (Å²) in [6, 6.07) is 0. The molecule has 0 atom stereocenters. The van der Waals surface area contributed by atoms with Crippen molar-refractivity contribution >= 4 is 3.81 Å². The first-order valence-electron chi connectivity index (χ1n) is 6.00. The number of allylic oxidation sites excluding steroid dienone is 8. The molecule has 0 aliphatic heterocycles. The Morgan fingerprint density at radius 1 is 1.19 bits per heavy atom. The van der Waals surface area contributed by atoms with Crippen LogP contribution < -0.4 is 0 Å². The van der Waals surface area contributed by atoms with E-state index in [-0.39, 0.29) is 0 Å². The summed E-state index contributed by atoms with van der Waals surface area (Å²) < 4.78 is 5.17. The molecule has 0 amide bonds. The molecule has 0 aromatic heterocycles. The first-order chi connectivity index (χ1) is 7.59. The molecular formula is C15H20Ti. The molecule has 0 radical (unpaired) electrons. The van der Waals surface area contributed by atoms with Gasteiger partial charge in [0.25, 0.3) is 0 Å². The average molecular weight is 248 g/mol. The van der Waals surface area contributed by atoms with Crippen LogP contribution in [0.5, 0.6) is 0 Å². The van der Waals surface area contributed by atoms with Gasteiger partial charge in [0, 0.05) is 0 Å². The van der Waals surface area contributed by atoms with Crippen LogP contribution in [0.25, 0.3) is 0 Å². The maximum atomic E-state index is 2.47. The molecule has 0 bridgehead atoms. The van der Waals surface area contributed by atoms with Crippen LogP contribution in [-0.4, -0.2) is 3.81 Å². The zero-order valence-electron chi connectivity index (χ0n) is 10.7. The summed E-state index contributed by atoms with van der Waals surface area (Å²) in [6.45, 7) is 9.20. The first kappa shape index (κ1) is 12.0. The van der Waals surface area contributed by atoms with E-state index < -0.39 is 17.4 Å². The molecule has 0 spiro atoms. The normalized spacial score (nSPS) is 19.0.